The largest absolute Gasteiger partial charge is 0.465 e. The first-order chi connectivity index (χ1) is 15.9. The zero-order valence-corrected chi connectivity index (χ0v) is 19.2. The van der Waals surface area contributed by atoms with Crippen molar-refractivity contribution in [3.63, 3.8) is 0 Å². The van der Waals surface area contributed by atoms with Gasteiger partial charge in [0.15, 0.2) is 4.34 Å². The van der Waals surface area contributed by atoms with E-state index in [1.165, 1.54) is 40.7 Å². The van der Waals surface area contributed by atoms with Crippen LogP contribution < -0.4 is 16.2 Å². The smallest absolute Gasteiger partial charge is 0.337 e. The number of hydrogen-bond acceptors (Lipinski definition) is 9. The Labute approximate surface area is 196 Å². The van der Waals surface area contributed by atoms with E-state index in [-0.39, 0.29) is 5.56 Å². The van der Waals surface area contributed by atoms with Crippen LogP contribution in [0.25, 0.3) is 5.65 Å². The predicted molar refractivity (Wildman–Crippen MR) is 126 cm³/mol. The van der Waals surface area contributed by atoms with Crippen molar-refractivity contribution in [1.82, 2.24) is 19.6 Å². The number of amides is 2. The highest BCUT2D eigenvalue weighted by atomic mass is 32.2. The number of aryl methyl sites for hydroxylation is 1. The van der Waals surface area contributed by atoms with Gasteiger partial charge in [-0.2, -0.15) is 0 Å². The van der Waals surface area contributed by atoms with Crippen LogP contribution in [0.1, 0.15) is 21.6 Å². The number of nitrogens with zero attached hydrogens (tertiary/aromatic N) is 4. The van der Waals surface area contributed by atoms with Gasteiger partial charge in [-0.05, 0) is 48.9 Å². The quantitative estimate of drug-likeness (QED) is 0.243. The number of hydrogen-bond donors (Lipinski definition) is 2. The van der Waals surface area contributed by atoms with E-state index >= 15 is 0 Å². The third-order valence-corrected chi connectivity index (χ3v) is 6.42. The van der Waals surface area contributed by atoms with Crippen molar-refractivity contribution in [3.8, 4) is 0 Å². The summed E-state index contributed by atoms with van der Waals surface area (Å²) in [7, 11) is 1.30. The Kier molecular flexibility index (Phi) is 6.66. The molecule has 2 amide bonds. The van der Waals surface area contributed by atoms with Gasteiger partial charge in [0.25, 0.3) is 5.56 Å². The van der Waals surface area contributed by atoms with Crippen LogP contribution in [0.3, 0.4) is 0 Å². The topological polar surface area (TPSA) is 128 Å². The molecule has 4 rings (SSSR count). The van der Waals surface area contributed by atoms with Crippen molar-refractivity contribution < 1.29 is 14.3 Å². The number of aromatic nitrogens is 4. The first kappa shape index (κ1) is 22.4. The molecule has 0 fully saturated rings. The number of anilines is 2. The lowest BCUT2D eigenvalue weighted by molar-refractivity contribution is 0.0600. The fourth-order valence-corrected chi connectivity index (χ4v) is 4.49. The number of pyridine rings is 1. The number of rotatable bonds is 6. The summed E-state index contributed by atoms with van der Waals surface area (Å²) in [5, 5.41) is 13.6. The first-order valence-electron chi connectivity index (χ1n) is 9.63. The highest BCUT2D eigenvalue weighted by Crippen LogP contribution is 2.28. The van der Waals surface area contributed by atoms with Gasteiger partial charge in [-0.3, -0.25) is 14.5 Å². The Morgan fingerprint density at radius 1 is 1.12 bits per heavy atom. The lowest BCUT2D eigenvalue weighted by Crippen LogP contribution is -2.19. The Hall–Kier alpha value is -3.77. The summed E-state index contributed by atoms with van der Waals surface area (Å²) in [6, 6.07) is 11.0. The molecule has 2 N–H and O–H groups in total. The van der Waals surface area contributed by atoms with Crippen LogP contribution in [-0.2, 0) is 10.5 Å². The molecule has 0 spiro atoms. The summed E-state index contributed by atoms with van der Waals surface area (Å²) in [6.07, 6.45) is 1.71. The van der Waals surface area contributed by atoms with Crippen molar-refractivity contribution in [3.05, 3.63) is 75.8 Å². The number of nitrogens with one attached hydrogen (secondary N) is 2. The average Bonchev–Trinajstić information content (AvgIpc) is 3.24. The van der Waals surface area contributed by atoms with Gasteiger partial charge in [0.05, 0.1) is 18.4 Å². The van der Waals surface area contributed by atoms with Crippen LogP contribution in [0.5, 0.6) is 0 Å². The summed E-state index contributed by atoms with van der Waals surface area (Å²) in [5.74, 6) is -0.0170. The molecule has 0 aliphatic rings. The lowest BCUT2D eigenvalue weighted by atomic mass is 10.2. The van der Waals surface area contributed by atoms with Gasteiger partial charge < -0.3 is 10.1 Å². The Morgan fingerprint density at radius 2 is 1.91 bits per heavy atom. The van der Waals surface area contributed by atoms with E-state index in [9.17, 15) is 14.4 Å². The van der Waals surface area contributed by atoms with Crippen LogP contribution in [0.2, 0.25) is 0 Å². The fourth-order valence-electron chi connectivity index (χ4n) is 2.85. The number of methoxy groups -OCH3 is 1. The van der Waals surface area contributed by atoms with Gasteiger partial charge in [0, 0.05) is 23.7 Å². The van der Waals surface area contributed by atoms with Crippen molar-refractivity contribution in [2.45, 2.75) is 17.0 Å². The maximum Gasteiger partial charge on any atom is 0.337 e. The van der Waals surface area contributed by atoms with Crippen LogP contribution in [-0.4, -0.2) is 38.7 Å². The molecule has 10 nitrogen and oxygen atoms in total. The highest BCUT2D eigenvalue weighted by Gasteiger charge is 2.11. The molecule has 4 aromatic rings. The Balaban J connectivity index is 1.34. The number of ether oxygens (including phenoxy) is 1. The first-order valence-corrected chi connectivity index (χ1v) is 11.4. The minimum absolute atomic E-state index is 0.147. The van der Waals surface area contributed by atoms with E-state index in [4.69, 9.17) is 0 Å². The van der Waals surface area contributed by atoms with Crippen LogP contribution in [0, 0.1) is 6.92 Å². The number of carbonyl (C=O) groups is 2. The van der Waals surface area contributed by atoms with Crippen LogP contribution >= 0.6 is 23.1 Å². The van der Waals surface area contributed by atoms with Gasteiger partial charge in [-0.15, -0.1) is 10.2 Å². The number of esters is 1. The van der Waals surface area contributed by atoms with Crippen molar-refractivity contribution in [1.29, 1.82) is 0 Å². The molecule has 0 radical (unpaired) electrons. The summed E-state index contributed by atoms with van der Waals surface area (Å²) >= 11 is 2.58. The van der Waals surface area contributed by atoms with E-state index in [0.717, 1.165) is 5.56 Å². The Morgan fingerprint density at radius 3 is 2.67 bits per heavy atom. The molecule has 33 heavy (non-hydrogen) atoms. The molecule has 0 bridgehead atoms. The van der Waals surface area contributed by atoms with E-state index in [1.807, 2.05) is 19.1 Å². The molecule has 12 heteroatoms. The summed E-state index contributed by atoms with van der Waals surface area (Å²) in [5.41, 5.74) is 2.98. The van der Waals surface area contributed by atoms with Gasteiger partial charge in [-0.1, -0.05) is 23.1 Å². The summed E-state index contributed by atoms with van der Waals surface area (Å²) < 4.78 is 6.76. The molecule has 0 unspecified atom stereocenters. The third-order valence-electron chi connectivity index (χ3n) is 4.41. The molecule has 168 valence electrons. The molecule has 0 atom stereocenters. The van der Waals surface area contributed by atoms with Crippen molar-refractivity contribution in [2.75, 3.05) is 17.7 Å². The standard InChI is InChI=1S/C21H18N6O4S2/c1-12-7-8-27-16(9-12)22-15(10-17(27)28)11-32-21-26-25-20(33-21)24-19(30)23-14-5-3-13(4-6-14)18(29)31-2/h3-10H,11H2,1-2H3,(H2,23,24,25,30). The van der Waals surface area contributed by atoms with Gasteiger partial charge >= 0.3 is 12.0 Å². The SMILES string of the molecule is COC(=O)c1ccc(NC(=O)Nc2nnc(SCc3cc(=O)n4ccc(C)cc4n3)s2)cc1. The molecule has 0 saturated heterocycles. The van der Waals surface area contributed by atoms with Crippen LogP contribution in [0.15, 0.2) is 57.8 Å². The van der Waals surface area contributed by atoms with Gasteiger partial charge in [0.2, 0.25) is 5.13 Å². The predicted octanol–water partition coefficient (Wildman–Crippen LogP) is 3.58. The van der Waals surface area contributed by atoms with E-state index < -0.39 is 12.0 Å². The number of thioether (sulfide) groups is 1. The zero-order chi connectivity index (χ0) is 23.4. The minimum Gasteiger partial charge on any atom is -0.465 e. The number of urea groups is 1. The van der Waals surface area contributed by atoms with Crippen molar-refractivity contribution in [2.24, 2.45) is 0 Å². The van der Waals surface area contributed by atoms with E-state index in [1.54, 1.807) is 30.5 Å². The Bertz CT molecular complexity index is 1380. The molecule has 0 aliphatic heterocycles. The number of benzene rings is 1. The van der Waals surface area contributed by atoms with Crippen LogP contribution in [0.4, 0.5) is 15.6 Å². The molecular formula is C21H18N6O4S2. The molecule has 1 aromatic carbocycles. The molecular weight excluding hydrogens is 464 g/mol. The lowest BCUT2D eigenvalue weighted by Gasteiger charge is -2.05. The molecule has 0 aliphatic carbocycles. The average molecular weight is 483 g/mol. The second-order valence-corrected chi connectivity index (χ2v) is 9.03. The maximum atomic E-state index is 12.3. The second-order valence-electron chi connectivity index (χ2n) is 6.83. The van der Waals surface area contributed by atoms with E-state index in [0.29, 0.717) is 37.8 Å². The number of fused-ring (bicyclic) bond motifs is 1. The number of carbonyl (C=O) groups excluding carboxylic acids is 2. The zero-order valence-electron chi connectivity index (χ0n) is 17.6. The molecule has 3 aromatic heterocycles. The monoisotopic (exact) mass is 482 g/mol. The fraction of sp³-hybridized carbons (Fsp3) is 0.143. The summed E-state index contributed by atoms with van der Waals surface area (Å²) in [4.78, 5) is 40.5. The molecule has 3 heterocycles. The van der Waals surface area contributed by atoms with Gasteiger partial charge in [0.1, 0.15) is 5.65 Å². The molecule has 0 saturated carbocycles. The second kappa shape index (κ2) is 9.79. The highest BCUT2D eigenvalue weighted by molar-refractivity contribution is 8.00. The van der Waals surface area contributed by atoms with E-state index in [2.05, 4.69) is 30.6 Å². The van der Waals surface area contributed by atoms with Crippen molar-refractivity contribution >= 4 is 51.6 Å². The maximum absolute atomic E-state index is 12.3. The normalized spacial score (nSPS) is 10.7. The minimum atomic E-state index is -0.492. The van der Waals surface area contributed by atoms with Gasteiger partial charge in [-0.25, -0.2) is 14.6 Å². The third kappa shape index (κ3) is 5.54. The summed E-state index contributed by atoms with van der Waals surface area (Å²) in [6.45, 7) is 1.94.